The first-order chi connectivity index (χ1) is 12.2. The summed E-state index contributed by atoms with van der Waals surface area (Å²) in [6.07, 6.45) is 11.5. The molecule has 134 valence electrons. The summed E-state index contributed by atoms with van der Waals surface area (Å²) in [5.74, 6) is 1.48. The number of rotatable bonds is 6. The lowest BCUT2D eigenvalue weighted by Crippen LogP contribution is -2.20. The van der Waals surface area contributed by atoms with Crippen molar-refractivity contribution in [3.05, 3.63) is 30.6 Å². The molecule has 0 saturated heterocycles. The lowest BCUT2D eigenvalue weighted by molar-refractivity contribution is -0.119. The molecule has 3 rings (SSSR count). The highest BCUT2D eigenvalue weighted by Gasteiger charge is 2.18. The van der Waals surface area contributed by atoms with Crippen molar-refractivity contribution in [2.75, 3.05) is 13.7 Å². The largest absolute Gasteiger partial charge is 0.493 e. The van der Waals surface area contributed by atoms with Crippen LogP contribution >= 0.6 is 0 Å². The Bertz CT molecular complexity index is 718. The van der Waals surface area contributed by atoms with Gasteiger partial charge in [-0.05, 0) is 31.0 Å². The van der Waals surface area contributed by atoms with E-state index in [1.54, 1.807) is 13.2 Å². The molecule has 6 heteroatoms. The second-order valence-corrected chi connectivity index (χ2v) is 6.42. The number of hydrogen-bond donors (Lipinski definition) is 1. The number of nitrogens with zero attached hydrogens (tertiary/aromatic N) is 2. The van der Waals surface area contributed by atoms with Crippen LogP contribution in [-0.4, -0.2) is 29.2 Å². The Hall–Kier alpha value is -2.50. The molecule has 25 heavy (non-hydrogen) atoms. The Morgan fingerprint density at radius 2 is 2.00 bits per heavy atom. The smallest absolute Gasteiger partial charge is 0.255 e. The maximum Gasteiger partial charge on any atom is 0.255 e. The maximum atomic E-state index is 10.9. The Kier molecular flexibility index (Phi) is 5.58. The normalized spacial score (nSPS) is 15.6. The number of ether oxygens (including phenoxy) is 2. The van der Waals surface area contributed by atoms with E-state index in [2.05, 4.69) is 15.7 Å². The minimum atomic E-state index is -0.518. The third-order valence-electron chi connectivity index (χ3n) is 4.68. The van der Waals surface area contributed by atoms with Gasteiger partial charge in [-0.1, -0.05) is 25.7 Å². The fraction of sp³-hybridized carbons (Fsp3) is 0.474. The van der Waals surface area contributed by atoms with Gasteiger partial charge in [0.15, 0.2) is 18.1 Å². The molecule has 1 heterocycles. The van der Waals surface area contributed by atoms with E-state index in [1.165, 1.54) is 38.5 Å². The van der Waals surface area contributed by atoms with Crippen LogP contribution < -0.4 is 15.2 Å². The average molecular weight is 343 g/mol. The van der Waals surface area contributed by atoms with Gasteiger partial charge < -0.3 is 19.8 Å². The predicted octanol–water partition coefficient (Wildman–Crippen LogP) is 3.32. The van der Waals surface area contributed by atoms with Crippen LogP contribution in [0, 0.1) is 0 Å². The third-order valence-corrected chi connectivity index (χ3v) is 4.68. The summed E-state index contributed by atoms with van der Waals surface area (Å²) in [6, 6.07) is 6.13. The Morgan fingerprint density at radius 1 is 1.24 bits per heavy atom. The zero-order chi connectivity index (χ0) is 17.6. The van der Waals surface area contributed by atoms with Gasteiger partial charge in [0, 0.05) is 24.0 Å². The van der Waals surface area contributed by atoms with E-state index in [9.17, 15) is 4.79 Å². The summed E-state index contributed by atoms with van der Waals surface area (Å²) in [4.78, 5) is 15.5. The predicted molar refractivity (Wildman–Crippen MR) is 95.6 cm³/mol. The van der Waals surface area contributed by atoms with Crippen molar-refractivity contribution in [3.63, 3.8) is 0 Å². The van der Waals surface area contributed by atoms with Gasteiger partial charge in [-0.25, -0.2) is 4.98 Å². The number of methoxy groups -OCH3 is 1. The Labute approximate surface area is 147 Å². The monoisotopic (exact) mass is 343 g/mol. The molecule has 1 fully saturated rings. The van der Waals surface area contributed by atoms with Crippen LogP contribution in [0.4, 0.5) is 0 Å². The van der Waals surface area contributed by atoms with Crippen molar-refractivity contribution in [3.8, 4) is 22.9 Å². The van der Waals surface area contributed by atoms with Gasteiger partial charge in [0.05, 0.1) is 7.11 Å². The minimum absolute atomic E-state index is 0.174. The second-order valence-electron chi connectivity index (χ2n) is 6.42. The zero-order valence-corrected chi connectivity index (χ0v) is 14.6. The molecule has 1 aromatic carbocycles. The van der Waals surface area contributed by atoms with Crippen molar-refractivity contribution in [2.45, 2.75) is 44.6 Å². The number of aromatic nitrogens is 2. The summed E-state index contributed by atoms with van der Waals surface area (Å²) in [5.41, 5.74) is 6.11. The minimum Gasteiger partial charge on any atom is -0.493 e. The average Bonchev–Trinajstić information content (AvgIpc) is 2.95. The lowest BCUT2D eigenvalue weighted by atomic mass is 10.1. The highest BCUT2D eigenvalue weighted by molar-refractivity contribution is 5.75. The topological polar surface area (TPSA) is 79.4 Å². The zero-order valence-electron chi connectivity index (χ0n) is 14.6. The number of carbonyl (C=O) groups excluding carboxylic acids is 1. The quantitative estimate of drug-likeness (QED) is 0.816. The molecule has 0 aliphatic heterocycles. The van der Waals surface area contributed by atoms with Gasteiger partial charge >= 0.3 is 0 Å². The standard InChI is InChI=1S/C19H25N3O3/c1-24-17-12-14(8-9-16(17)25-13-18(20)23)19-21-10-11-22(19)15-6-4-2-3-5-7-15/h8-12,15H,2-7,13H2,1H3,(H2,20,23). The van der Waals surface area contributed by atoms with E-state index in [1.807, 2.05) is 18.3 Å². The van der Waals surface area contributed by atoms with Crippen LogP contribution in [0.15, 0.2) is 30.6 Å². The van der Waals surface area contributed by atoms with Gasteiger partial charge in [-0.2, -0.15) is 0 Å². The number of imidazole rings is 1. The van der Waals surface area contributed by atoms with Crippen molar-refractivity contribution >= 4 is 5.91 Å². The van der Waals surface area contributed by atoms with Gasteiger partial charge in [0.1, 0.15) is 5.82 Å². The highest BCUT2D eigenvalue weighted by atomic mass is 16.5. The number of primary amides is 1. The van der Waals surface area contributed by atoms with Crippen LogP contribution in [0.25, 0.3) is 11.4 Å². The molecule has 1 aliphatic carbocycles. The highest BCUT2D eigenvalue weighted by Crippen LogP contribution is 2.35. The first-order valence-corrected chi connectivity index (χ1v) is 8.81. The molecule has 0 bridgehead atoms. The summed E-state index contributed by atoms with van der Waals surface area (Å²) in [5, 5.41) is 0. The molecule has 0 radical (unpaired) electrons. The fourth-order valence-corrected chi connectivity index (χ4v) is 3.44. The molecule has 2 aromatic rings. The van der Waals surface area contributed by atoms with Crippen LogP contribution in [0.2, 0.25) is 0 Å². The van der Waals surface area contributed by atoms with Crippen molar-refractivity contribution in [2.24, 2.45) is 5.73 Å². The second kappa shape index (κ2) is 8.05. The van der Waals surface area contributed by atoms with Crippen LogP contribution in [0.3, 0.4) is 0 Å². The molecule has 0 unspecified atom stereocenters. The SMILES string of the molecule is COc1cc(-c2nccn2C2CCCCCC2)ccc1OCC(N)=O. The summed E-state index contributed by atoms with van der Waals surface area (Å²) < 4.78 is 13.1. The number of amides is 1. The van der Waals surface area contributed by atoms with Crippen molar-refractivity contribution in [1.29, 1.82) is 0 Å². The van der Waals surface area contributed by atoms with Gasteiger partial charge in [0.2, 0.25) is 0 Å². The molecule has 0 atom stereocenters. The first kappa shape index (κ1) is 17.3. The first-order valence-electron chi connectivity index (χ1n) is 8.81. The number of hydrogen-bond acceptors (Lipinski definition) is 4. The summed E-state index contributed by atoms with van der Waals surface area (Å²) in [7, 11) is 1.58. The van der Waals surface area contributed by atoms with Crippen LogP contribution in [0.5, 0.6) is 11.5 Å². The molecular weight excluding hydrogens is 318 g/mol. The molecule has 6 nitrogen and oxygen atoms in total. The molecule has 1 amide bonds. The van der Waals surface area contributed by atoms with Crippen molar-refractivity contribution in [1.82, 2.24) is 9.55 Å². The summed E-state index contributed by atoms with van der Waals surface area (Å²) in [6.45, 7) is -0.174. The van der Waals surface area contributed by atoms with Gasteiger partial charge in [0.25, 0.3) is 5.91 Å². The molecule has 1 saturated carbocycles. The summed E-state index contributed by atoms with van der Waals surface area (Å²) >= 11 is 0. The van der Waals surface area contributed by atoms with E-state index in [4.69, 9.17) is 15.2 Å². The Morgan fingerprint density at radius 3 is 2.68 bits per heavy atom. The van der Waals surface area contributed by atoms with Crippen LogP contribution in [-0.2, 0) is 4.79 Å². The van der Waals surface area contributed by atoms with E-state index < -0.39 is 5.91 Å². The molecule has 0 spiro atoms. The molecular formula is C19H25N3O3. The fourth-order valence-electron chi connectivity index (χ4n) is 3.44. The number of benzene rings is 1. The van der Waals surface area contributed by atoms with Crippen LogP contribution in [0.1, 0.15) is 44.6 Å². The van der Waals surface area contributed by atoms with E-state index in [0.717, 1.165) is 11.4 Å². The van der Waals surface area contributed by atoms with E-state index >= 15 is 0 Å². The molecule has 1 aliphatic rings. The maximum absolute atomic E-state index is 10.9. The van der Waals surface area contributed by atoms with E-state index in [0.29, 0.717) is 17.5 Å². The number of carbonyl (C=O) groups is 1. The lowest BCUT2D eigenvalue weighted by Gasteiger charge is -2.19. The van der Waals surface area contributed by atoms with Gasteiger partial charge in [-0.3, -0.25) is 4.79 Å². The molecule has 1 aromatic heterocycles. The third kappa shape index (κ3) is 4.13. The van der Waals surface area contributed by atoms with Crippen molar-refractivity contribution < 1.29 is 14.3 Å². The van der Waals surface area contributed by atoms with Gasteiger partial charge in [-0.15, -0.1) is 0 Å². The number of nitrogens with two attached hydrogens (primary N) is 1. The van der Waals surface area contributed by atoms with E-state index in [-0.39, 0.29) is 6.61 Å². The Balaban J connectivity index is 1.87. The molecule has 2 N–H and O–H groups in total.